The Bertz CT molecular complexity index is 928. The molecule has 0 saturated carbocycles. The third-order valence-corrected chi connectivity index (χ3v) is 4.16. The van der Waals surface area contributed by atoms with Crippen LogP contribution in [0.25, 0.3) is 32.3 Å². The number of rotatable bonds is 0. The number of fused-ring (bicyclic) bond motifs is 4. The summed E-state index contributed by atoms with van der Waals surface area (Å²) in [6, 6.07) is 23.9. The maximum absolute atomic E-state index is 3.57. The SMILES string of the molecule is Brc1ccc2ccc3cc4ccccc4cc3c2c1.P. The van der Waals surface area contributed by atoms with E-state index in [1.54, 1.807) is 0 Å². The van der Waals surface area contributed by atoms with Crippen molar-refractivity contribution in [3.63, 3.8) is 0 Å². The minimum atomic E-state index is 0. The molecule has 4 rings (SSSR count). The van der Waals surface area contributed by atoms with E-state index in [2.05, 4.69) is 82.7 Å². The van der Waals surface area contributed by atoms with Gasteiger partial charge in [0.05, 0.1) is 0 Å². The zero-order valence-electron chi connectivity index (χ0n) is 10.9. The van der Waals surface area contributed by atoms with Crippen LogP contribution < -0.4 is 0 Å². The predicted octanol–water partition coefficient (Wildman–Crippen LogP) is 5.97. The Labute approximate surface area is 129 Å². The summed E-state index contributed by atoms with van der Waals surface area (Å²) in [5.41, 5.74) is 0. The summed E-state index contributed by atoms with van der Waals surface area (Å²) in [7, 11) is 0. The third-order valence-electron chi connectivity index (χ3n) is 3.67. The Hall–Kier alpha value is -1.43. The zero-order chi connectivity index (χ0) is 12.8. The van der Waals surface area contributed by atoms with E-state index in [4.69, 9.17) is 0 Å². The van der Waals surface area contributed by atoms with Gasteiger partial charge < -0.3 is 0 Å². The van der Waals surface area contributed by atoms with Gasteiger partial charge in [-0.15, -0.1) is 0 Å². The summed E-state index contributed by atoms with van der Waals surface area (Å²) in [5.74, 6) is 0. The van der Waals surface area contributed by atoms with Crippen LogP contribution in [0.2, 0.25) is 0 Å². The fourth-order valence-electron chi connectivity index (χ4n) is 2.72. The summed E-state index contributed by atoms with van der Waals surface area (Å²) in [6.07, 6.45) is 0. The molecule has 20 heavy (non-hydrogen) atoms. The van der Waals surface area contributed by atoms with E-state index in [9.17, 15) is 0 Å². The lowest BCUT2D eigenvalue weighted by atomic mass is 9.98. The van der Waals surface area contributed by atoms with E-state index in [0.717, 1.165) is 4.47 Å². The molecule has 0 nitrogen and oxygen atoms in total. The molecule has 0 heterocycles. The zero-order valence-corrected chi connectivity index (χ0v) is 13.9. The Morgan fingerprint density at radius 3 is 1.95 bits per heavy atom. The highest BCUT2D eigenvalue weighted by molar-refractivity contribution is 9.10. The first-order chi connectivity index (χ1) is 9.31. The van der Waals surface area contributed by atoms with Crippen LogP contribution in [0.3, 0.4) is 0 Å². The average molecular weight is 341 g/mol. The standard InChI is InChI=1S/C18H11Br.H3P/c19-16-8-7-12-5-6-15-9-13-3-1-2-4-14(13)10-17(15)18(12)11-16;/h1-11H;1H3. The van der Waals surface area contributed by atoms with Gasteiger partial charge >= 0.3 is 0 Å². The molecule has 0 aliphatic carbocycles. The van der Waals surface area contributed by atoms with Crippen molar-refractivity contribution in [3.05, 3.63) is 71.2 Å². The molecule has 0 spiro atoms. The third kappa shape index (κ3) is 2.12. The van der Waals surface area contributed by atoms with Gasteiger partial charge in [-0.1, -0.05) is 58.4 Å². The summed E-state index contributed by atoms with van der Waals surface area (Å²) >= 11 is 3.57. The second-order valence-electron chi connectivity index (χ2n) is 4.85. The molecule has 0 radical (unpaired) electrons. The highest BCUT2D eigenvalue weighted by Crippen LogP contribution is 2.31. The van der Waals surface area contributed by atoms with Crippen molar-refractivity contribution < 1.29 is 0 Å². The van der Waals surface area contributed by atoms with Gasteiger partial charge in [-0.05, 0) is 56.6 Å². The first-order valence-corrected chi connectivity index (χ1v) is 7.11. The minimum Gasteiger partial charge on any atom is -0.153 e. The smallest absolute Gasteiger partial charge is 0.0181 e. The van der Waals surface area contributed by atoms with Crippen LogP contribution in [-0.2, 0) is 0 Å². The Morgan fingerprint density at radius 2 is 1.15 bits per heavy atom. The molecular weight excluding hydrogens is 327 g/mol. The molecule has 0 fully saturated rings. The monoisotopic (exact) mass is 340 g/mol. The van der Waals surface area contributed by atoms with E-state index in [0.29, 0.717) is 0 Å². The Kier molecular flexibility index (Phi) is 3.50. The molecule has 1 atom stereocenters. The number of halogens is 1. The normalized spacial score (nSPS) is 10.8. The van der Waals surface area contributed by atoms with Crippen LogP contribution in [-0.4, -0.2) is 0 Å². The quantitative estimate of drug-likeness (QED) is 0.210. The lowest BCUT2D eigenvalue weighted by Gasteiger charge is -2.07. The molecule has 0 aliphatic rings. The van der Waals surface area contributed by atoms with Gasteiger partial charge in [-0.2, -0.15) is 9.90 Å². The van der Waals surface area contributed by atoms with Crippen molar-refractivity contribution in [1.29, 1.82) is 0 Å². The minimum absolute atomic E-state index is 0. The fraction of sp³-hybridized carbons (Fsp3) is 0. The lowest BCUT2D eigenvalue weighted by Crippen LogP contribution is -1.80. The second kappa shape index (κ2) is 5.16. The van der Waals surface area contributed by atoms with E-state index in [1.165, 1.54) is 32.3 Å². The van der Waals surface area contributed by atoms with Gasteiger partial charge in [-0.3, -0.25) is 0 Å². The first-order valence-electron chi connectivity index (χ1n) is 6.32. The summed E-state index contributed by atoms with van der Waals surface area (Å²) < 4.78 is 1.13. The molecule has 0 aliphatic heterocycles. The molecule has 4 aromatic carbocycles. The van der Waals surface area contributed by atoms with E-state index in [-0.39, 0.29) is 9.90 Å². The van der Waals surface area contributed by atoms with Crippen molar-refractivity contribution in [2.75, 3.05) is 0 Å². The van der Waals surface area contributed by atoms with Crippen LogP contribution in [0, 0.1) is 0 Å². The van der Waals surface area contributed by atoms with Crippen molar-refractivity contribution >= 4 is 58.1 Å². The molecule has 0 N–H and O–H groups in total. The van der Waals surface area contributed by atoms with E-state index in [1.807, 2.05) is 0 Å². The predicted molar refractivity (Wildman–Crippen MR) is 97.8 cm³/mol. The van der Waals surface area contributed by atoms with Gasteiger partial charge in [0.2, 0.25) is 0 Å². The van der Waals surface area contributed by atoms with Crippen LogP contribution in [0.5, 0.6) is 0 Å². The lowest BCUT2D eigenvalue weighted by molar-refractivity contribution is 1.73. The Morgan fingerprint density at radius 1 is 0.550 bits per heavy atom. The molecule has 0 aromatic heterocycles. The van der Waals surface area contributed by atoms with Crippen molar-refractivity contribution in [3.8, 4) is 0 Å². The topological polar surface area (TPSA) is 0 Å². The molecular formula is C18H14BrP. The molecule has 4 aromatic rings. The van der Waals surface area contributed by atoms with E-state index >= 15 is 0 Å². The van der Waals surface area contributed by atoms with Crippen LogP contribution in [0.15, 0.2) is 71.2 Å². The fourth-order valence-corrected chi connectivity index (χ4v) is 3.08. The maximum atomic E-state index is 3.57. The Balaban J connectivity index is 0.00000121. The van der Waals surface area contributed by atoms with Gasteiger partial charge in [-0.25, -0.2) is 0 Å². The van der Waals surface area contributed by atoms with Crippen LogP contribution in [0.4, 0.5) is 0 Å². The molecule has 0 amide bonds. The van der Waals surface area contributed by atoms with Gasteiger partial charge in [0, 0.05) is 4.47 Å². The second-order valence-corrected chi connectivity index (χ2v) is 5.77. The average Bonchev–Trinajstić information content (AvgIpc) is 2.45. The molecule has 1 unspecified atom stereocenters. The van der Waals surface area contributed by atoms with Gasteiger partial charge in [0.15, 0.2) is 0 Å². The molecule has 2 heteroatoms. The number of hydrogen-bond acceptors (Lipinski definition) is 0. The van der Waals surface area contributed by atoms with Crippen molar-refractivity contribution in [1.82, 2.24) is 0 Å². The van der Waals surface area contributed by atoms with Gasteiger partial charge in [0.1, 0.15) is 0 Å². The summed E-state index contributed by atoms with van der Waals surface area (Å²) in [4.78, 5) is 0. The summed E-state index contributed by atoms with van der Waals surface area (Å²) in [5, 5.41) is 7.79. The van der Waals surface area contributed by atoms with Crippen molar-refractivity contribution in [2.24, 2.45) is 0 Å². The van der Waals surface area contributed by atoms with Gasteiger partial charge in [0.25, 0.3) is 0 Å². The molecule has 0 bridgehead atoms. The summed E-state index contributed by atoms with van der Waals surface area (Å²) in [6.45, 7) is 0. The largest absolute Gasteiger partial charge is 0.153 e. The first kappa shape index (κ1) is 13.5. The van der Waals surface area contributed by atoms with Crippen LogP contribution >= 0.6 is 25.8 Å². The molecule has 98 valence electrons. The van der Waals surface area contributed by atoms with E-state index < -0.39 is 0 Å². The van der Waals surface area contributed by atoms with Crippen LogP contribution in [0.1, 0.15) is 0 Å². The van der Waals surface area contributed by atoms with Crippen molar-refractivity contribution in [2.45, 2.75) is 0 Å². The maximum Gasteiger partial charge on any atom is 0.0181 e. The number of benzene rings is 4. The number of hydrogen-bond donors (Lipinski definition) is 0. The highest BCUT2D eigenvalue weighted by atomic mass is 79.9. The highest BCUT2D eigenvalue weighted by Gasteiger charge is 2.03. The molecule has 0 saturated heterocycles.